The highest BCUT2D eigenvalue weighted by Gasteiger charge is 2.25. The molecule has 1 aliphatic rings. The SMILES string of the molecule is CN(C)CCNC(=O)C1CCNc2ccccc21. The molecule has 18 heavy (non-hydrogen) atoms. The number of para-hydroxylation sites is 1. The van der Waals surface area contributed by atoms with Crippen molar-refractivity contribution >= 4 is 11.6 Å². The number of carbonyl (C=O) groups is 1. The van der Waals surface area contributed by atoms with E-state index in [1.165, 1.54) is 0 Å². The molecule has 1 aromatic rings. The van der Waals surface area contributed by atoms with E-state index in [2.05, 4.69) is 15.5 Å². The maximum absolute atomic E-state index is 12.2. The summed E-state index contributed by atoms with van der Waals surface area (Å²) in [6, 6.07) is 8.07. The molecule has 0 bridgehead atoms. The highest BCUT2D eigenvalue weighted by Crippen LogP contribution is 2.31. The average molecular weight is 247 g/mol. The third kappa shape index (κ3) is 3.01. The molecule has 4 heteroatoms. The fraction of sp³-hybridized carbons (Fsp3) is 0.500. The van der Waals surface area contributed by atoms with E-state index in [1.807, 2.05) is 38.4 Å². The summed E-state index contributed by atoms with van der Waals surface area (Å²) < 4.78 is 0. The summed E-state index contributed by atoms with van der Waals surface area (Å²) in [5.41, 5.74) is 2.21. The van der Waals surface area contributed by atoms with Crippen molar-refractivity contribution in [3.05, 3.63) is 29.8 Å². The fourth-order valence-electron chi connectivity index (χ4n) is 2.27. The van der Waals surface area contributed by atoms with Crippen LogP contribution in [0.2, 0.25) is 0 Å². The normalized spacial score (nSPS) is 18.1. The Morgan fingerprint density at radius 2 is 2.22 bits per heavy atom. The minimum Gasteiger partial charge on any atom is -0.385 e. The molecular weight excluding hydrogens is 226 g/mol. The number of amides is 1. The average Bonchev–Trinajstić information content (AvgIpc) is 2.37. The Kier molecular flexibility index (Phi) is 4.20. The highest BCUT2D eigenvalue weighted by molar-refractivity contribution is 5.86. The Bertz CT molecular complexity index is 417. The predicted octanol–water partition coefficient (Wildman–Crippen LogP) is 1.26. The second kappa shape index (κ2) is 5.87. The summed E-state index contributed by atoms with van der Waals surface area (Å²) in [6.07, 6.45) is 0.866. The van der Waals surface area contributed by atoms with E-state index in [0.29, 0.717) is 6.54 Å². The van der Waals surface area contributed by atoms with Crippen LogP contribution in [0.4, 0.5) is 5.69 Å². The summed E-state index contributed by atoms with van der Waals surface area (Å²) in [5.74, 6) is 0.135. The molecule has 2 N–H and O–H groups in total. The molecule has 98 valence electrons. The summed E-state index contributed by atoms with van der Waals surface area (Å²) in [4.78, 5) is 14.3. The molecule has 0 radical (unpaired) electrons. The van der Waals surface area contributed by atoms with Crippen LogP contribution in [0.15, 0.2) is 24.3 Å². The van der Waals surface area contributed by atoms with Crippen LogP contribution in [0.3, 0.4) is 0 Å². The number of likely N-dealkylation sites (N-methyl/N-ethyl adjacent to an activating group) is 1. The highest BCUT2D eigenvalue weighted by atomic mass is 16.1. The number of anilines is 1. The van der Waals surface area contributed by atoms with E-state index >= 15 is 0 Å². The monoisotopic (exact) mass is 247 g/mol. The van der Waals surface area contributed by atoms with Gasteiger partial charge in [-0.15, -0.1) is 0 Å². The molecule has 1 aliphatic heterocycles. The molecule has 4 nitrogen and oxygen atoms in total. The molecule has 0 saturated heterocycles. The second-order valence-electron chi connectivity index (χ2n) is 4.95. The van der Waals surface area contributed by atoms with Gasteiger partial charge in [0.15, 0.2) is 0 Å². The Labute approximate surface area is 108 Å². The molecule has 1 amide bonds. The number of nitrogens with zero attached hydrogens (tertiary/aromatic N) is 1. The number of rotatable bonds is 4. The largest absolute Gasteiger partial charge is 0.385 e. The van der Waals surface area contributed by atoms with E-state index in [-0.39, 0.29) is 11.8 Å². The Morgan fingerprint density at radius 3 is 3.00 bits per heavy atom. The maximum atomic E-state index is 12.2. The van der Waals surface area contributed by atoms with E-state index in [9.17, 15) is 4.79 Å². The number of benzene rings is 1. The Balaban J connectivity index is 1.99. The lowest BCUT2D eigenvalue weighted by molar-refractivity contribution is -0.122. The first-order valence-corrected chi connectivity index (χ1v) is 6.43. The van der Waals surface area contributed by atoms with Crippen molar-refractivity contribution in [1.82, 2.24) is 10.2 Å². The van der Waals surface area contributed by atoms with Crippen molar-refractivity contribution in [2.45, 2.75) is 12.3 Å². The van der Waals surface area contributed by atoms with Gasteiger partial charge in [0, 0.05) is 25.3 Å². The van der Waals surface area contributed by atoms with Gasteiger partial charge in [-0.3, -0.25) is 4.79 Å². The van der Waals surface area contributed by atoms with Crippen molar-refractivity contribution in [2.24, 2.45) is 0 Å². The van der Waals surface area contributed by atoms with Crippen LogP contribution in [0, 0.1) is 0 Å². The molecule has 1 unspecified atom stereocenters. The van der Waals surface area contributed by atoms with E-state index in [0.717, 1.165) is 30.8 Å². The molecule has 1 atom stereocenters. The summed E-state index contributed by atoms with van der Waals surface area (Å²) in [7, 11) is 4.01. The van der Waals surface area contributed by atoms with Gasteiger partial charge in [-0.05, 0) is 32.1 Å². The summed E-state index contributed by atoms with van der Waals surface area (Å²) in [6.45, 7) is 2.44. The summed E-state index contributed by atoms with van der Waals surface area (Å²) >= 11 is 0. The molecule has 1 aromatic carbocycles. The van der Waals surface area contributed by atoms with Crippen molar-refractivity contribution in [2.75, 3.05) is 39.0 Å². The van der Waals surface area contributed by atoms with E-state index in [1.54, 1.807) is 0 Å². The van der Waals surface area contributed by atoms with Crippen molar-refractivity contribution in [1.29, 1.82) is 0 Å². The molecule has 1 heterocycles. The fourth-order valence-corrected chi connectivity index (χ4v) is 2.27. The predicted molar refractivity (Wildman–Crippen MR) is 73.9 cm³/mol. The number of nitrogens with one attached hydrogen (secondary N) is 2. The van der Waals surface area contributed by atoms with Gasteiger partial charge in [0.1, 0.15) is 0 Å². The first-order chi connectivity index (χ1) is 8.68. The topological polar surface area (TPSA) is 44.4 Å². The van der Waals surface area contributed by atoms with Gasteiger partial charge < -0.3 is 15.5 Å². The van der Waals surface area contributed by atoms with Gasteiger partial charge in [-0.25, -0.2) is 0 Å². The number of hydrogen-bond acceptors (Lipinski definition) is 3. The van der Waals surface area contributed by atoms with Gasteiger partial charge in [0.25, 0.3) is 0 Å². The van der Waals surface area contributed by atoms with Crippen molar-refractivity contribution in [3.8, 4) is 0 Å². The lowest BCUT2D eigenvalue weighted by Gasteiger charge is -2.26. The number of hydrogen-bond donors (Lipinski definition) is 2. The minimum absolute atomic E-state index is 0.00962. The molecule has 0 saturated carbocycles. The van der Waals surface area contributed by atoms with Crippen LogP contribution in [-0.4, -0.2) is 44.5 Å². The zero-order valence-corrected chi connectivity index (χ0v) is 11.1. The Morgan fingerprint density at radius 1 is 1.44 bits per heavy atom. The van der Waals surface area contributed by atoms with Gasteiger partial charge in [0.05, 0.1) is 5.92 Å². The quantitative estimate of drug-likeness (QED) is 0.842. The molecule has 0 spiro atoms. The Hall–Kier alpha value is -1.55. The maximum Gasteiger partial charge on any atom is 0.227 e. The molecule has 0 aliphatic carbocycles. The molecule has 0 aromatic heterocycles. The van der Waals surface area contributed by atoms with Crippen molar-refractivity contribution < 1.29 is 4.79 Å². The van der Waals surface area contributed by atoms with E-state index < -0.39 is 0 Å². The zero-order chi connectivity index (χ0) is 13.0. The molecule has 2 rings (SSSR count). The molecular formula is C14H21N3O. The van der Waals surface area contributed by atoms with Crippen LogP contribution in [0.25, 0.3) is 0 Å². The molecule has 0 fully saturated rings. The third-order valence-corrected chi connectivity index (χ3v) is 3.26. The third-order valence-electron chi connectivity index (χ3n) is 3.26. The van der Waals surface area contributed by atoms with Crippen LogP contribution in [-0.2, 0) is 4.79 Å². The first-order valence-electron chi connectivity index (χ1n) is 6.43. The van der Waals surface area contributed by atoms with Crippen LogP contribution >= 0.6 is 0 Å². The number of fused-ring (bicyclic) bond motifs is 1. The minimum atomic E-state index is -0.00962. The smallest absolute Gasteiger partial charge is 0.227 e. The first kappa shape index (κ1) is 12.9. The van der Waals surface area contributed by atoms with Gasteiger partial charge in [-0.1, -0.05) is 18.2 Å². The van der Waals surface area contributed by atoms with Crippen molar-refractivity contribution in [3.63, 3.8) is 0 Å². The lowest BCUT2D eigenvalue weighted by atomic mass is 9.90. The van der Waals surface area contributed by atoms with Crippen LogP contribution in [0.1, 0.15) is 17.9 Å². The number of carbonyl (C=O) groups excluding carboxylic acids is 1. The zero-order valence-electron chi connectivity index (χ0n) is 11.1. The van der Waals surface area contributed by atoms with Crippen LogP contribution in [0.5, 0.6) is 0 Å². The van der Waals surface area contributed by atoms with E-state index in [4.69, 9.17) is 0 Å². The van der Waals surface area contributed by atoms with Gasteiger partial charge in [0.2, 0.25) is 5.91 Å². The summed E-state index contributed by atoms with van der Waals surface area (Å²) in [5, 5.41) is 6.35. The van der Waals surface area contributed by atoms with Gasteiger partial charge in [-0.2, -0.15) is 0 Å². The lowest BCUT2D eigenvalue weighted by Crippen LogP contribution is -2.36. The van der Waals surface area contributed by atoms with Crippen LogP contribution < -0.4 is 10.6 Å². The second-order valence-corrected chi connectivity index (χ2v) is 4.95. The van der Waals surface area contributed by atoms with Gasteiger partial charge >= 0.3 is 0 Å². The standard InChI is InChI=1S/C14H21N3O/c1-17(2)10-9-16-14(18)12-7-8-15-13-6-4-3-5-11(12)13/h3-6,12,15H,7-10H2,1-2H3,(H,16,18).